The van der Waals surface area contributed by atoms with Crippen LogP contribution in [0.1, 0.15) is 28.1 Å². The average molecular weight is 572 g/mol. The van der Waals surface area contributed by atoms with Crippen molar-refractivity contribution in [3.8, 4) is 16.2 Å². The van der Waals surface area contributed by atoms with Gasteiger partial charge in [-0.05, 0) is 68.1 Å². The monoisotopic (exact) mass is 571 g/mol. The highest BCUT2D eigenvalue weighted by Crippen LogP contribution is 2.46. The van der Waals surface area contributed by atoms with Gasteiger partial charge in [0.1, 0.15) is 11.1 Å². The number of thiophene rings is 1. The van der Waals surface area contributed by atoms with Crippen LogP contribution in [0.15, 0.2) is 48.5 Å². The van der Waals surface area contributed by atoms with E-state index in [0.29, 0.717) is 16.1 Å². The number of hydrogen-bond acceptors (Lipinski definition) is 7. The SMILES string of the molecule is Cc1ccccc1N(C)C(=O)C(Nc1cccc(-c2sc(C(=O)O)c(OCC(=O)O)c2Cl)c1)C1CCNCC1. The number of anilines is 2. The van der Waals surface area contributed by atoms with Gasteiger partial charge in [0.15, 0.2) is 17.2 Å². The zero-order valence-electron chi connectivity index (χ0n) is 21.6. The number of benzene rings is 2. The molecule has 1 atom stereocenters. The first-order chi connectivity index (χ1) is 18.7. The van der Waals surface area contributed by atoms with Gasteiger partial charge in [0, 0.05) is 18.4 Å². The second kappa shape index (κ2) is 12.5. The quantitative estimate of drug-likeness (QED) is 0.268. The van der Waals surface area contributed by atoms with Crippen LogP contribution in [0.2, 0.25) is 5.02 Å². The zero-order valence-corrected chi connectivity index (χ0v) is 23.1. The summed E-state index contributed by atoms with van der Waals surface area (Å²) in [5.41, 5.74) is 3.14. The van der Waals surface area contributed by atoms with E-state index in [0.717, 1.165) is 48.5 Å². The van der Waals surface area contributed by atoms with Crippen LogP contribution in [-0.2, 0) is 9.59 Å². The van der Waals surface area contributed by atoms with Crippen LogP contribution in [0.3, 0.4) is 0 Å². The van der Waals surface area contributed by atoms with Crippen molar-refractivity contribution >= 4 is 52.2 Å². The number of aliphatic carboxylic acids is 1. The van der Waals surface area contributed by atoms with Gasteiger partial charge in [-0.3, -0.25) is 4.79 Å². The molecular formula is C28H30ClN3O6S. The minimum absolute atomic E-state index is 0.0288. The molecule has 1 saturated heterocycles. The number of amides is 1. The summed E-state index contributed by atoms with van der Waals surface area (Å²) in [5.74, 6) is -2.63. The summed E-state index contributed by atoms with van der Waals surface area (Å²) >= 11 is 7.39. The predicted octanol–water partition coefficient (Wildman–Crippen LogP) is 4.98. The molecule has 1 amide bonds. The number of para-hydroxylation sites is 1. The Morgan fingerprint density at radius 2 is 1.87 bits per heavy atom. The van der Waals surface area contributed by atoms with Gasteiger partial charge in [-0.15, -0.1) is 11.3 Å². The molecule has 1 unspecified atom stereocenters. The molecule has 4 rings (SSSR count). The predicted molar refractivity (Wildman–Crippen MR) is 152 cm³/mol. The number of carboxylic acids is 2. The standard InChI is InChI=1S/C28H30ClN3O6S/c1-16-6-3-4-9-20(16)32(2)27(35)23(17-10-12-30-13-11-17)31-19-8-5-7-18(14-19)25-22(29)24(38-15-21(33)34)26(39-25)28(36)37/h3-9,14,17,23,30-31H,10-13,15H2,1-2H3,(H,33,34)(H,36,37). The van der Waals surface area contributed by atoms with E-state index in [1.165, 1.54) is 0 Å². The van der Waals surface area contributed by atoms with Crippen LogP contribution >= 0.6 is 22.9 Å². The number of aromatic carboxylic acids is 1. The molecule has 9 nitrogen and oxygen atoms in total. The van der Waals surface area contributed by atoms with Crippen LogP contribution in [0.4, 0.5) is 11.4 Å². The number of rotatable bonds is 10. The highest BCUT2D eigenvalue weighted by atomic mass is 35.5. The second-order valence-electron chi connectivity index (χ2n) is 9.36. The largest absolute Gasteiger partial charge is 0.479 e. The molecule has 3 aromatic rings. The molecule has 0 radical (unpaired) electrons. The van der Waals surface area contributed by atoms with E-state index < -0.39 is 24.6 Å². The van der Waals surface area contributed by atoms with Gasteiger partial charge in [-0.1, -0.05) is 41.9 Å². The van der Waals surface area contributed by atoms with Gasteiger partial charge in [0.05, 0.1) is 4.88 Å². The van der Waals surface area contributed by atoms with Gasteiger partial charge in [0.25, 0.3) is 0 Å². The third-order valence-corrected chi connectivity index (χ3v) is 8.40. The van der Waals surface area contributed by atoms with E-state index in [4.69, 9.17) is 21.4 Å². The van der Waals surface area contributed by atoms with Crippen molar-refractivity contribution in [3.63, 3.8) is 0 Å². The summed E-state index contributed by atoms with van der Waals surface area (Å²) in [7, 11) is 1.79. The molecule has 0 aliphatic carbocycles. The number of likely N-dealkylation sites (N-methyl/N-ethyl adjacent to an activating group) is 1. The van der Waals surface area contributed by atoms with Crippen molar-refractivity contribution in [3.05, 3.63) is 64.0 Å². The van der Waals surface area contributed by atoms with Crippen molar-refractivity contribution in [1.29, 1.82) is 0 Å². The Balaban J connectivity index is 1.66. The summed E-state index contributed by atoms with van der Waals surface area (Å²) in [6, 6.07) is 14.5. The maximum Gasteiger partial charge on any atom is 0.349 e. The molecule has 2 heterocycles. The normalized spacial score (nSPS) is 14.4. The first-order valence-corrected chi connectivity index (χ1v) is 13.7. The summed E-state index contributed by atoms with van der Waals surface area (Å²) in [4.78, 5) is 38.6. The van der Waals surface area contributed by atoms with Crippen LogP contribution < -0.4 is 20.3 Å². The molecular weight excluding hydrogens is 542 g/mol. The van der Waals surface area contributed by atoms with Crippen LogP contribution in [0.25, 0.3) is 10.4 Å². The average Bonchev–Trinajstić information content (AvgIpc) is 3.27. The van der Waals surface area contributed by atoms with Crippen LogP contribution in [0, 0.1) is 12.8 Å². The Hall–Kier alpha value is -3.60. The molecule has 1 aliphatic heterocycles. The van der Waals surface area contributed by atoms with Crippen molar-refractivity contribution in [2.45, 2.75) is 25.8 Å². The van der Waals surface area contributed by atoms with Crippen LogP contribution in [-0.4, -0.2) is 60.8 Å². The summed E-state index contributed by atoms with van der Waals surface area (Å²) < 4.78 is 5.20. The van der Waals surface area contributed by atoms with Crippen molar-refractivity contribution in [1.82, 2.24) is 5.32 Å². The zero-order chi connectivity index (χ0) is 28.1. The van der Waals surface area contributed by atoms with Crippen molar-refractivity contribution in [2.75, 3.05) is 37.0 Å². The van der Waals surface area contributed by atoms with E-state index in [2.05, 4.69) is 10.6 Å². The van der Waals surface area contributed by atoms with Gasteiger partial charge in [-0.2, -0.15) is 0 Å². The van der Waals surface area contributed by atoms with Gasteiger partial charge in [0.2, 0.25) is 5.91 Å². The molecule has 0 spiro atoms. The maximum atomic E-state index is 13.9. The molecule has 1 fully saturated rings. The fraction of sp³-hybridized carbons (Fsp3) is 0.321. The minimum atomic E-state index is -1.27. The Kier molecular flexibility index (Phi) is 9.11. The number of halogens is 1. The lowest BCUT2D eigenvalue weighted by Crippen LogP contribution is -2.48. The van der Waals surface area contributed by atoms with E-state index >= 15 is 0 Å². The third-order valence-electron chi connectivity index (χ3n) is 6.72. The lowest BCUT2D eigenvalue weighted by Gasteiger charge is -2.34. The number of aryl methyl sites for hydroxylation is 1. The lowest BCUT2D eigenvalue weighted by molar-refractivity contribution is -0.139. The molecule has 206 valence electrons. The summed E-state index contributed by atoms with van der Waals surface area (Å²) in [6.45, 7) is 2.91. The number of piperidine rings is 1. The van der Waals surface area contributed by atoms with Gasteiger partial charge in [-0.25, -0.2) is 9.59 Å². The Morgan fingerprint density at radius 3 is 2.54 bits per heavy atom. The molecule has 4 N–H and O–H groups in total. The topological polar surface area (TPSA) is 128 Å². The number of hydrogen-bond donors (Lipinski definition) is 4. The van der Waals surface area contributed by atoms with Crippen molar-refractivity contribution < 1.29 is 29.3 Å². The summed E-state index contributed by atoms with van der Waals surface area (Å²) in [6.07, 6.45) is 1.68. The fourth-order valence-corrected chi connectivity index (χ4v) is 6.14. The maximum absolute atomic E-state index is 13.9. The third kappa shape index (κ3) is 6.52. The number of ether oxygens (including phenoxy) is 1. The van der Waals surface area contributed by atoms with E-state index in [1.807, 2.05) is 37.3 Å². The summed E-state index contributed by atoms with van der Waals surface area (Å²) in [5, 5.41) is 25.4. The molecule has 39 heavy (non-hydrogen) atoms. The van der Waals surface area contributed by atoms with E-state index in [-0.39, 0.29) is 27.5 Å². The number of nitrogens with zero attached hydrogens (tertiary/aromatic N) is 1. The highest BCUT2D eigenvalue weighted by Gasteiger charge is 2.33. The molecule has 1 aliphatic rings. The Bertz CT molecular complexity index is 1370. The first kappa shape index (κ1) is 28.4. The molecule has 11 heteroatoms. The lowest BCUT2D eigenvalue weighted by atomic mass is 9.89. The fourth-order valence-electron chi connectivity index (χ4n) is 4.74. The second-order valence-corrected chi connectivity index (χ2v) is 10.8. The number of carboxylic acid groups (broad SMARTS) is 2. The Morgan fingerprint density at radius 1 is 1.15 bits per heavy atom. The first-order valence-electron chi connectivity index (χ1n) is 12.5. The van der Waals surface area contributed by atoms with E-state index in [1.54, 1.807) is 30.1 Å². The van der Waals surface area contributed by atoms with E-state index in [9.17, 15) is 19.5 Å². The Labute approximate surface area is 235 Å². The van der Waals surface area contributed by atoms with Crippen LogP contribution in [0.5, 0.6) is 5.75 Å². The molecule has 1 aromatic heterocycles. The smallest absolute Gasteiger partial charge is 0.349 e. The number of carbonyl (C=O) groups excluding carboxylic acids is 1. The molecule has 0 bridgehead atoms. The van der Waals surface area contributed by atoms with Gasteiger partial charge >= 0.3 is 11.9 Å². The van der Waals surface area contributed by atoms with Crippen molar-refractivity contribution in [2.24, 2.45) is 5.92 Å². The molecule has 0 saturated carbocycles. The molecule has 2 aromatic carbocycles. The minimum Gasteiger partial charge on any atom is -0.479 e. The highest BCUT2D eigenvalue weighted by molar-refractivity contribution is 7.18. The number of nitrogens with one attached hydrogen (secondary N) is 2. The van der Waals surface area contributed by atoms with Gasteiger partial charge < -0.3 is 30.5 Å². The number of carbonyl (C=O) groups is 3.